The number of benzene rings is 1. The number of likely N-dealkylation sites (tertiary alicyclic amines) is 1. The molecule has 4 rings (SSSR count). The zero-order valence-corrected chi connectivity index (χ0v) is 18.7. The van der Waals surface area contributed by atoms with Gasteiger partial charge in [0.15, 0.2) is 0 Å². The van der Waals surface area contributed by atoms with E-state index < -0.39 is 11.7 Å². The van der Waals surface area contributed by atoms with Crippen molar-refractivity contribution in [3.63, 3.8) is 0 Å². The molecule has 3 N–H and O–H groups in total. The highest BCUT2D eigenvalue weighted by molar-refractivity contribution is 5.89. The highest BCUT2D eigenvalue weighted by Crippen LogP contribution is 2.33. The fraction of sp³-hybridized carbons (Fsp3) is 0.583. The molecule has 0 radical (unpaired) electrons. The third-order valence-electron chi connectivity index (χ3n) is 6.93. The standard InChI is InChI=1S/C24H32F3N5O/c1-2-3-22(33)16-4-7-19(8-5-16)32-13-18(14-32)28-10-11-29-23-20-12-17(24(25,26)27)6-9-21(20)30-15-31-23/h2,6,9,12,15-16,18-19,22,28,33H,1,3-5,7-8,10-11,13-14H2,(H,29,30,31). The van der Waals surface area contributed by atoms with Gasteiger partial charge in [0.05, 0.1) is 17.2 Å². The SMILES string of the molecule is C=CCC(O)C1CCC(N2CC(NCCNc3ncnc4ccc(C(F)(F)F)cc34)C2)CC1. The van der Waals surface area contributed by atoms with Crippen molar-refractivity contribution in [3.8, 4) is 0 Å². The molecule has 2 heterocycles. The highest BCUT2D eigenvalue weighted by Gasteiger charge is 2.35. The summed E-state index contributed by atoms with van der Waals surface area (Å²) in [5, 5.41) is 17.2. The first kappa shape index (κ1) is 23.9. The first-order valence-corrected chi connectivity index (χ1v) is 11.7. The van der Waals surface area contributed by atoms with Gasteiger partial charge in [-0.1, -0.05) is 6.08 Å². The minimum absolute atomic E-state index is 0.256. The summed E-state index contributed by atoms with van der Waals surface area (Å²) >= 11 is 0. The molecule has 0 bridgehead atoms. The number of hydrogen-bond donors (Lipinski definition) is 3. The number of aliphatic hydroxyl groups excluding tert-OH is 1. The van der Waals surface area contributed by atoms with E-state index in [1.54, 1.807) is 6.08 Å². The van der Waals surface area contributed by atoms with Crippen LogP contribution in [-0.2, 0) is 6.18 Å². The van der Waals surface area contributed by atoms with Gasteiger partial charge < -0.3 is 15.7 Å². The predicted molar refractivity (Wildman–Crippen MR) is 123 cm³/mol. The van der Waals surface area contributed by atoms with E-state index in [1.165, 1.54) is 12.4 Å². The van der Waals surface area contributed by atoms with Crippen LogP contribution in [-0.4, -0.2) is 64.3 Å². The van der Waals surface area contributed by atoms with Gasteiger partial charge in [-0.25, -0.2) is 9.97 Å². The van der Waals surface area contributed by atoms with E-state index >= 15 is 0 Å². The number of aliphatic hydroxyl groups is 1. The zero-order chi connectivity index (χ0) is 23.4. The van der Waals surface area contributed by atoms with E-state index in [2.05, 4.69) is 32.1 Å². The van der Waals surface area contributed by atoms with Crippen LogP contribution in [0.1, 0.15) is 37.7 Å². The molecule has 1 atom stereocenters. The fourth-order valence-corrected chi connectivity index (χ4v) is 4.99. The van der Waals surface area contributed by atoms with Crippen LogP contribution in [0.2, 0.25) is 0 Å². The van der Waals surface area contributed by atoms with Gasteiger partial charge in [0.25, 0.3) is 0 Å². The van der Waals surface area contributed by atoms with Gasteiger partial charge in [0.1, 0.15) is 12.1 Å². The summed E-state index contributed by atoms with van der Waals surface area (Å²) in [5.41, 5.74) is -0.223. The molecule has 1 saturated carbocycles. The molecule has 1 aromatic heterocycles. The number of nitrogens with zero attached hydrogens (tertiary/aromatic N) is 3. The van der Waals surface area contributed by atoms with Gasteiger partial charge in [-0.2, -0.15) is 13.2 Å². The lowest BCUT2D eigenvalue weighted by molar-refractivity contribution is -0.137. The molecule has 180 valence electrons. The van der Waals surface area contributed by atoms with E-state index in [9.17, 15) is 18.3 Å². The summed E-state index contributed by atoms with van der Waals surface area (Å²) in [6.45, 7) is 6.99. The molecule has 1 aliphatic heterocycles. The van der Waals surface area contributed by atoms with Crippen molar-refractivity contribution in [3.05, 3.63) is 42.7 Å². The van der Waals surface area contributed by atoms with Crippen LogP contribution < -0.4 is 10.6 Å². The van der Waals surface area contributed by atoms with Crippen molar-refractivity contribution < 1.29 is 18.3 Å². The van der Waals surface area contributed by atoms with Crippen molar-refractivity contribution in [1.29, 1.82) is 0 Å². The van der Waals surface area contributed by atoms with Crippen LogP contribution in [0.15, 0.2) is 37.2 Å². The van der Waals surface area contributed by atoms with Crippen LogP contribution in [0, 0.1) is 5.92 Å². The second-order valence-corrected chi connectivity index (χ2v) is 9.14. The summed E-state index contributed by atoms with van der Waals surface area (Å²) in [6, 6.07) is 4.54. The van der Waals surface area contributed by atoms with Crippen molar-refractivity contribution in [1.82, 2.24) is 20.2 Å². The van der Waals surface area contributed by atoms with E-state index in [0.29, 0.717) is 54.2 Å². The molecule has 2 fully saturated rings. The minimum atomic E-state index is -4.40. The first-order valence-electron chi connectivity index (χ1n) is 11.7. The number of anilines is 1. The maximum Gasteiger partial charge on any atom is 0.416 e. The molecule has 1 unspecified atom stereocenters. The molecule has 33 heavy (non-hydrogen) atoms. The second-order valence-electron chi connectivity index (χ2n) is 9.14. The Morgan fingerprint density at radius 2 is 1.91 bits per heavy atom. The normalized spacial score (nSPS) is 23.3. The Bertz CT molecular complexity index is 939. The molecule has 0 spiro atoms. The average Bonchev–Trinajstić information content (AvgIpc) is 2.77. The monoisotopic (exact) mass is 463 g/mol. The van der Waals surface area contributed by atoms with Crippen molar-refractivity contribution in [2.24, 2.45) is 5.92 Å². The highest BCUT2D eigenvalue weighted by atomic mass is 19.4. The summed E-state index contributed by atoms with van der Waals surface area (Å²) in [6.07, 6.45) is 3.58. The fourth-order valence-electron chi connectivity index (χ4n) is 4.99. The maximum atomic E-state index is 13.1. The molecule has 1 saturated heterocycles. The summed E-state index contributed by atoms with van der Waals surface area (Å²) in [7, 11) is 0. The maximum absolute atomic E-state index is 13.1. The first-order chi connectivity index (χ1) is 15.8. The van der Waals surface area contributed by atoms with Gasteiger partial charge in [-0.05, 0) is 56.2 Å². The number of alkyl halides is 3. The van der Waals surface area contributed by atoms with E-state index in [0.717, 1.165) is 50.9 Å². The molecule has 2 aliphatic rings. The van der Waals surface area contributed by atoms with Crippen LogP contribution in [0.3, 0.4) is 0 Å². The topological polar surface area (TPSA) is 73.3 Å². The number of hydrogen-bond acceptors (Lipinski definition) is 6. The molecule has 9 heteroatoms. The van der Waals surface area contributed by atoms with Crippen LogP contribution in [0.4, 0.5) is 19.0 Å². The molecular weight excluding hydrogens is 431 g/mol. The van der Waals surface area contributed by atoms with Crippen LogP contribution >= 0.6 is 0 Å². The van der Waals surface area contributed by atoms with Gasteiger partial charge >= 0.3 is 6.18 Å². The molecular formula is C24H32F3N5O. The quantitative estimate of drug-likeness (QED) is 0.388. The largest absolute Gasteiger partial charge is 0.416 e. The van der Waals surface area contributed by atoms with E-state index in [-0.39, 0.29) is 6.10 Å². The predicted octanol–water partition coefficient (Wildman–Crippen LogP) is 3.83. The lowest BCUT2D eigenvalue weighted by Crippen LogP contribution is -2.62. The van der Waals surface area contributed by atoms with Gasteiger partial charge in [0.2, 0.25) is 0 Å². The van der Waals surface area contributed by atoms with Gasteiger partial charge in [-0.15, -0.1) is 6.58 Å². The van der Waals surface area contributed by atoms with Crippen LogP contribution in [0.25, 0.3) is 10.9 Å². The van der Waals surface area contributed by atoms with E-state index in [1.807, 2.05) is 0 Å². The molecule has 1 aliphatic carbocycles. The number of nitrogens with one attached hydrogen (secondary N) is 2. The second kappa shape index (κ2) is 10.4. The van der Waals surface area contributed by atoms with E-state index in [4.69, 9.17) is 0 Å². The number of halogens is 3. The molecule has 2 aromatic rings. The minimum Gasteiger partial charge on any atom is -0.393 e. The molecule has 1 aromatic carbocycles. The van der Waals surface area contributed by atoms with Crippen molar-refractivity contribution in [2.45, 2.75) is 56.5 Å². The average molecular weight is 464 g/mol. The number of rotatable bonds is 9. The Balaban J connectivity index is 1.19. The Morgan fingerprint density at radius 3 is 2.61 bits per heavy atom. The van der Waals surface area contributed by atoms with Gasteiger partial charge in [0, 0.05) is 43.6 Å². The summed E-state index contributed by atoms with van der Waals surface area (Å²) in [4.78, 5) is 10.7. The molecule has 6 nitrogen and oxygen atoms in total. The van der Waals surface area contributed by atoms with Crippen LogP contribution in [0.5, 0.6) is 0 Å². The van der Waals surface area contributed by atoms with Crippen molar-refractivity contribution in [2.75, 3.05) is 31.5 Å². The van der Waals surface area contributed by atoms with Crippen molar-refractivity contribution >= 4 is 16.7 Å². The third kappa shape index (κ3) is 5.83. The Kier molecular flexibility index (Phi) is 7.51. The Hall–Kier alpha value is -2.23. The number of aromatic nitrogens is 2. The van der Waals surface area contributed by atoms with Gasteiger partial charge in [-0.3, -0.25) is 4.90 Å². The Morgan fingerprint density at radius 1 is 1.15 bits per heavy atom. The smallest absolute Gasteiger partial charge is 0.393 e. The Labute approximate surface area is 192 Å². The number of fused-ring (bicyclic) bond motifs is 1. The molecule has 0 amide bonds. The summed E-state index contributed by atoms with van der Waals surface area (Å²) in [5.74, 6) is 0.809. The zero-order valence-electron chi connectivity index (χ0n) is 18.7. The lowest BCUT2D eigenvalue weighted by Gasteiger charge is -2.47. The lowest BCUT2D eigenvalue weighted by atomic mass is 9.80. The summed E-state index contributed by atoms with van der Waals surface area (Å²) < 4.78 is 39.2. The third-order valence-corrected chi connectivity index (χ3v) is 6.93.